The maximum Gasteiger partial charge on any atom is 0.0298 e. The molecule has 3 N–H and O–H groups in total. The van der Waals surface area contributed by atoms with Crippen molar-refractivity contribution in [1.29, 1.82) is 0 Å². The molecule has 0 bridgehead atoms. The quantitative estimate of drug-likeness (QED) is 0.839. The lowest BCUT2D eigenvalue weighted by molar-refractivity contribution is 0.356. The first kappa shape index (κ1) is 15.0. The fraction of sp³-hybridized carbons (Fsp3) is 0.444. The van der Waals surface area contributed by atoms with Gasteiger partial charge in [0.1, 0.15) is 0 Å². The largest absolute Gasteiger partial charge is 0.330 e. The molecule has 0 fully saturated rings. The Hall–Kier alpha value is -1.38. The highest BCUT2D eigenvalue weighted by Crippen LogP contribution is 2.24. The first-order chi connectivity index (χ1) is 9.63. The van der Waals surface area contributed by atoms with Crippen LogP contribution in [0, 0.1) is 11.8 Å². The van der Waals surface area contributed by atoms with E-state index >= 15 is 0 Å². The van der Waals surface area contributed by atoms with Gasteiger partial charge in [-0.05, 0) is 48.2 Å². The van der Waals surface area contributed by atoms with Gasteiger partial charge in [0.15, 0.2) is 0 Å². The van der Waals surface area contributed by atoms with Gasteiger partial charge in [-0.15, -0.1) is 0 Å². The number of fused-ring (bicyclic) bond motifs is 1. The maximum absolute atomic E-state index is 5.85. The van der Waals surface area contributed by atoms with Gasteiger partial charge >= 0.3 is 0 Å². The number of nitrogens with one attached hydrogen (secondary N) is 1. The van der Waals surface area contributed by atoms with E-state index in [1.807, 2.05) is 0 Å². The Morgan fingerprint density at radius 3 is 2.40 bits per heavy atom. The van der Waals surface area contributed by atoms with Crippen LogP contribution < -0.4 is 11.1 Å². The average molecular weight is 270 g/mol. The van der Waals surface area contributed by atoms with E-state index in [9.17, 15) is 0 Å². The predicted molar refractivity (Wildman–Crippen MR) is 87.7 cm³/mol. The fourth-order valence-corrected chi connectivity index (χ4v) is 2.66. The van der Waals surface area contributed by atoms with Crippen molar-refractivity contribution in [2.75, 3.05) is 13.1 Å². The molecule has 0 aliphatic rings. The van der Waals surface area contributed by atoms with Gasteiger partial charge in [0.2, 0.25) is 0 Å². The molecule has 2 aromatic rings. The van der Waals surface area contributed by atoms with Crippen LogP contribution in [0.2, 0.25) is 0 Å². The number of nitrogens with two attached hydrogens (primary N) is 1. The van der Waals surface area contributed by atoms with Crippen molar-refractivity contribution in [1.82, 2.24) is 5.32 Å². The summed E-state index contributed by atoms with van der Waals surface area (Å²) < 4.78 is 0. The van der Waals surface area contributed by atoms with Gasteiger partial charge in [-0.3, -0.25) is 0 Å². The molecular weight excluding hydrogens is 244 g/mol. The molecule has 2 atom stereocenters. The first-order valence-corrected chi connectivity index (χ1v) is 7.54. The zero-order valence-electron chi connectivity index (χ0n) is 12.8. The lowest BCUT2D eigenvalue weighted by atomic mass is 9.94. The van der Waals surface area contributed by atoms with Crippen molar-refractivity contribution in [3.8, 4) is 0 Å². The minimum Gasteiger partial charge on any atom is -0.330 e. The van der Waals surface area contributed by atoms with E-state index in [0.29, 0.717) is 17.9 Å². The standard InChI is InChI=1S/C18H26N2/c1-13(2)16(11-19)12-20-14(3)17-10-6-8-15-7-4-5-9-18(15)17/h4-10,13-14,16,20H,11-12,19H2,1-3H3. The molecule has 0 saturated heterocycles. The minimum atomic E-state index is 0.342. The second-order valence-corrected chi connectivity index (χ2v) is 5.94. The molecule has 0 radical (unpaired) electrons. The van der Waals surface area contributed by atoms with Crippen LogP contribution in [-0.4, -0.2) is 13.1 Å². The van der Waals surface area contributed by atoms with E-state index in [0.717, 1.165) is 13.1 Å². The zero-order valence-corrected chi connectivity index (χ0v) is 12.8. The molecule has 2 rings (SSSR count). The Labute approximate surface area is 122 Å². The SMILES string of the molecule is CC(NCC(CN)C(C)C)c1cccc2ccccc12. The summed E-state index contributed by atoms with van der Waals surface area (Å²) in [6, 6.07) is 15.4. The zero-order chi connectivity index (χ0) is 14.5. The van der Waals surface area contributed by atoms with Gasteiger partial charge in [-0.25, -0.2) is 0 Å². The van der Waals surface area contributed by atoms with Gasteiger partial charge in [-0.2, -0.15) is 0 Å². The highest BCUT2D eigenvalue weighted by Gasteiger charge is 2.14. The van der Waals surface area contributed by atoms with Crippen molar-refractivity contribution < 1.29 is 0 Å². The van der Waals surface area contributed by atoms with Crippen molar-refractivity contribution >= 4 is 10.8 Å². The Bertz CT molecular complexity index is 543. The summed E-state index contributed by atoms with van der Waals surface area (Å²) >= 11 is 0. The average Bonchev–Trinajstić information content (AvgIpc) is 2.46. The lowest BCUT2D eigenvalue weighted by Gasteiger charge is -2.23. The summed E-state index contributed by atoms with van der Waals surface area (Å²) in [5.74, 6) is 1.15. The van der Waals surface area contributed by atoms with E-state index < -0.39 is 0 Å². The highest BCUT2D eigenvalue weighted by atomic mass is 14.9. The van der Waals surface area contributed by atoms with Crippen LogP contribution in [0.25, 0.3) is 10.8 Å². The van der Waals surface area contributed by atoms with E-state index in [4.69, 9.17) is 5.73 Å². The van der Waals surface area contributed by atoms with Crippen LogP contribution in [0.5, 0.6) is 0 Å². The Kier molecular flexibility index (Phi) is 5.16. The molecule has 108 valence electrons. The van der Waals surface area contributed by atoms with Crippen LogP contribution in [0.4, 0.5) is 0 Å². The molecule has 2 nitrogen and oxygen atoms in total. The second-order valence-electron chi connectivity index (χ2n) is 5.94. The van der Waals surface area contributed by atoms with Crippen LogP contribution in [0.15, 0.2) is 42.5 Å². The second kappa shape index (κ2) is 6.87. The molecule has 0 amide bonds. The van der Waals surface area contributed by atoms with Crippen LogP contribution in [0.3, 0.4) is 0 Å². The minimum absolute atomic E-state index is 0.342. The van der Waals surface area contributed by atoms with Gasteiger partial charge in [0, 0.05) is 6.04 Å². The summed E-state index contributed by atoms with van der Waals surface area (Å²) in [6.07, 6.45) is 0. The monoisotopic (exact) mass is 270 g/mol. The molecule has 0 spiro atoms. The number of benzene rings is 2. The van der Waals surface area contributed by atoms with Crippen molar-refractivity contribution in [2.45, 2.75) is 26.8 Å². The number of hydrogen-bond donors (Lipinski definition) is 2. The number of hydrogen-bond acceptors (Lipinski definition) is 2. The van der Waals surface area contributed by atoms with Crippen molar-refractivity contribution in [3.63, 3.8) is 0 Å². The Balaban J connectivity index is 2.13. The van der Waals surface area contributed by atoms with E-state index in [1.165, 1.54) is 16.3 Å². The molecule has 2 aromatic carbocycles. The Morgan fingerprint density at radius 1 is 1.00 bits per heavy atom. The molecule has 0 saturated carbocycles. The maximum atomic E-state index is 5.85. The third-order valence-electron chi connectivity index (χ3n) is 4.22. The van der Waals surface area contributed by atoms with Crippen LogP contribution in [-0.2, 0) is 0 Å². The summed E-state index contributed by atoms with van der Waals surface area (Å²) in [5, 5.41) is 6.28. The topological polar surface area (TPSA) is 38.0 Å². The summed E-state index contributed by atoms with van der Waals surface area (Å²) in [5.41, 5.74) is 7.21. The van der Waals surface area contributed by atoms with Crippen molar-refractivity contribution in [2.24, 2.45) is 17.6 Å². The molecule has 0 heterocycles. The molecular formula is C18H26N2. The third kappa shape index (κ3) is 3.38. The van der Waals surface area contributed by atoms with E-state index in [1.54, 1.807) is 0 Å². The van der Waals surface area contributed by atoms with Gasteiger partial charge in [0.25, 0.3) is 0 Å². The molecule has 20 heavy (non-hydrogen) atoms. The van der Waals surface area contributed by atoms with E-state index in [-0.39, 0.29) is 0 Å². The molecule has 0 aliphatic carbocycles. The number of rotatable bonds is 6. The predicted octanol–water partition coefficient (Wildman–Crippen LogP) is 3.72. The molecule has 2 unspecified atom stereocenters. The molecule has 2 heteroatoms. The van der Waals surface area contributed by atoms with Crippen LogP contribution in [0.1, 0.15) is 32.4 Å². The first-order valence-electron chi connectivity index (χ1n) is 7.54. The summed E-state index contributed by atoms with van der Waals surface area (Å²) in [6.45, 7) is 8.42. The fourth-order valence-electron chi connectivity index (χ4n) is 2.66. The van der Waals surface area contributed by atoms with Crippen LogP contribution >= 0.6 is 0 Å². The normalized spacial score (nSPS) is 14.7. The smallest absolute Gasteiger partial charge is 0.0298 e. The van der Waals surface area contributed by atoms with Gasteiger partial charge < -0.3 is 11.1 Å². The highest BCUT2D eigenvalue weighted by molar-refractivity contribution is 5.86. The summed E-state index contributed by atoms with van der Waals surface area (Å²) in [7, 11) is 0. The van der Waals surface area contributed by atoms with E-state index in [2.05, 4.69) is 68.6 Å². The molecule has 0 aliphatic heterocycles. The Morgan fingerprint density at radius 2 is 1.70 bits per heavy atom. The van der Waals surface area contributed by atoms with Gasteiger partial charge in [-0.1, -0.05) is 56.3 Å². The lowest BCUT2D eigenvalue weighted by Crippen LogP contribution is -2.33. The van der Waals surface area contributed by atoms with Crippen molar-refractivity contribution in [3.05, 3.63) is 48.0 Å². The molecule has 0 aromatic heterocycles. The summed E-state index contributed by atoms with van der Waals surface area (Å²) in [4.78, 5) is 0. The third-order valence-corrected chi connectivity index (χ3v) is 4.22. The van der Waals surface area contributed by atoms with Gasteiger partial charge in [0.05, 0.1) is 0 Å².